The first kappa shape index (κ1) is 15.5. The third-order valence-corrected chi connectivity index (χ3v) is 3.22. The molecule has 112 valence electrons. The second-order valence-electron chi connectivity index (χ2n) is 5.13. The Bertz CT molecular complexity index is 611. The molecule has 0 aliphatic heterocycles. The Morgan fingerprint density at radius 2 is 1.62 bits per heavy atom. The van der Waals surface area contributed by atoms with Crippen molar-refractivity contribution in [3.63, 3.8) is 0 Å². The van der Waals surface area contributed by atoms with E-state index in [1.165, 1.54) is 25.1 Å². The van der Waals surface area contributed by atoms with Crippen molar-refractivity contribution in [2.24, 2.45) is 0 Å². The van der Waals surface area contributed by atoms with Crippen LogP contribution in [0.4, 0.5) is 13.2 Å². The molecular weight excluding hydrogens is 279 g/mol. The second kappa shape index (κ2) is 6.28. The van der Waals surface area contributed by atoms with E-state index in [0.717, 1.165) is 17.7 Å². The van der Waals surface area contributed by atoms with Crippen LogP contribution in [0, 0.1) is 17.5 Å². The predicted octanol–water partition coefficient (Wildman–Crippen LogP) is 3.10. The fourth-order valence-corrected chi connectivity index (χ4v) is 2.07. The summed E-state index contributed by atoms with van der Waals surface area (Å²) < 4.78 is 39.3. The van der Waals surface area contributed by atoms with Gasteiger partial charge in [-0.25, -0.2) is 13.2 Å². The maximum Gasteiger partial charge on any atom is 0.132 e. The van der Waals surface area contributed by atoms with Crippen LogP contribution < -0.4 is 5.32 Å². The molecule has 2 nitrogen and oxygen atoms in total. The van der Waals surface area contributed by atoms with Gasteiger partial charge in [-0.15, -0.1) is 0 Å². The highest BCUT2D eigenvalue weighted by Crippen LogP contribution is 2.23. The van der Waals surface area contributed by atoms with Crippen LogP contribution in [0.2, 0.25) is 0 Å². The third-order valence-electron chi connectivity index (χ3n) is 3.22. The molecule has 0 aromatic heterocycles. The number of rotatable bonds is 5. The zero-order valence-electron chi connectivity index (χ0n) is 11.5. The van der Waals surface area contributed by atoms with E-state index in [9.17, 15) is 18.3 Å². The van der Waals surface area contributed by atoms with Crippen LogP contribution in [-0.4, -0.2) is 11.7 Å². The normalized spacial score (nSPS) is 14.0. The van der Waals surface area contributed by atoms with Crippen molar-refractivity contribution < 1.29 is 18.3 Å². The molecule has 2 aromatic rings. The van der Waals surface area contributed by atoms with Gasteiger partial charge in [-0.3, -0.25) is 0 Å². The van der Waals surface area contributed by atoms with Crippen LogP contribution in [0.3, 0.4) is 0 Å². The van der Waals surface area contributed by atoms with Crippen molar-refractivity contribution in [1.82, 2.24) is 5.32 Å². The highest BCUT2D eigenvalue weighted by Gasteiger charge is 2.26. The highest BCUT2D eigenvalue weighted by molar-refractivity contribution is 5.25. The summed E-state index contributed by atoms with van der Waals surface area (Å²) in [6.07, 6.45) is 0. The van der Waals surface area contributed by atoms with Crippen LogP contribution in [0.25, 0.3) is 0 Å². The minimum atomic E-state index is -1.47. The minimum absolute atomic E-state index is 0.0236. The first-order valence-corrected chi connectivity index (χ1v) is 6.51. The van der Waals surface area contributed by atoms with Crippen molar-refractivity contribution in [2.75, 3.05) is 6.54 Å². The first-order chi connectivity index (χ1) is 9.88. The van der Waals surface area contributed by atoms with E-state index in [4.69, 9.17) is 0 Å². The molecule has 1 unspecified atom stereocenters. The second-order valence-corrected chi connectivity index (χ2v) is 5.13. The lowest BCUT2D eigenvalue weighted by molar-refractivity contribution is 0.0528. The Morgan fingerprint density at radius 3 is 2.24 bits per heavy atom. The van der Waals surface area contributed by atoms with Crippen LogP contribution in [0.5, 0.6) is 0 Å². The van der Waals surface area contributed by atoms with Gasteiger partial charge in [0, 0.05) is 24.7 Å². The van der Waals surface area contributed by atoms with Crippen LogP contribution in [0.15, 0.2) is 42.5 Å². The van der Waals surface area contributed by atoms with E-state index >= 15 is 0 Å². The van der Waals surface area contributed by atoms with E-state index in [1.54, 1.807) is 12.1 Å². The van der Waals surface area contributed by atoms with Gasteiger partial charge in [-0.2, -0.15) is 0 Å². The molecule has 0 aliphatic rings. The van der Waals surface area contributed by atoms with Crippen molar-refractivity contribution in [3.05, 3.63) is 71.0 Å². The molecule has 0 fully saturated rings. The van der Waals surface area contributed by atoms with Gasteiger partial charge in [-0.05, 0) is 30.7 Å². The number of aliphatic hydroxyl groups is 1. The molecule has 21 heavy (non-hydrogen) atoms. The standard InChI is InChI=1S/C16H16F3NO/c1-16(21,14-7-6-13(18)8-15(14)19)10-20-9-11-2-4-12(17)5-3-11/h2-8,20-21H,9-10H2,1H3. The first-order valence-electron chi connectivity index (χ1n) is 6.51. The maximum atomic E-state index is 13.7. The largest absolute Gasteiger partial charge is 0.384 e. The van der Waals surface area contributed by atoms with Gasteiger partial charge in [0.05, 0.1) is 0 Å². The Morgan fingerprint density at radius 1 is 1.00 bits per heavy atom. The van der Waals surface area contributed by atoms with Gasteiger partial charge in [0.25, 0.3) is 0 Å². The molecule has 0 amide bonds. The SMILES string of the molecule is CC(O)(CNCc1ccc(F)cc1)c1ccc(F)cc1F. The lowest BCUT2D eigenvalue weighted by Gasteiger charge is -2.25. The summed E-state index contributed by atoms with van der Waals surface area (Å²) >= 11 is 0. The predicted molar refractivity (Wildman–Crippen MR) is 74.0 cm³/mol. The lowest BCUT2D eigenvalue weighted by Crippen LogP contribution is -2.36. The molecule has 0 spiro atoms. The van der Waals surface area contributed by atoms with Crippen molar-refractivity contribution in [3.8, 4) is 0 Å². The summed E-state index contributed by atoms with van der Waals surface area (Å²) in [5.41, 5.74) is -0.611. The smallest absolute Gasteiger partial charge is 0.132 e. The number of halogens is 3. The highest BCUT2D eigenvalue weighted by atomic mass is 19.1. The number of benzene rings is 2. The molecule has 1 atom stereocenters. The Labute approximate surface area is 121 Å². The summed E-state index contributed by atoms with van der Waals surface area (Å²) in [7, 11) is 0. The van der Waals surface area contributed by atoms with Gasteiger partial charge >= 0.3 is 0 Å². The van der Waals surface area contributed by atoms with Gasteiger partial charge in [0.15, 0.2) is 0 Å². The van der Waals surface area contributed by atoms with Crippen LogP contribution in [0.1, 0.15) is 18.1 Å². The average molecular weight is 295 g/mol. The molecule has 0 saturated heterocycles. The summed E-state index contributed by atoms with van der Waals surface area (Å²) in [6.45, 7) is 1.92. The molecule has 0 saturated carbocycles. The maximum absolute atomic E-state index is 13.7. The fraction of sp³-hybridized carbons (Fsp3) is 0.250. The molecule has 2 N–H and O–H groups in total. The number of nitrogens with one attached hydrogen (secondary N) is 1. The van der Waals surface area contributed by atoms with E-state index in [-0.39, 0.29) is 17.9 Å². The summed E-state index contributed by atoms with van der Waals surface area (Å²) in [6, 6.07) is 9.00. The van der Waals surface area contributed by atoms with E-state index in [2.05, 4.69) is 5.32 Å². The Kier molecular flexibility index (Phi) is 4.65. The van der Waals surface area contributed by atoms with Crippen LogP contribution >= 0.6 is 0 Å². The number of hydrogen-bond donors (Lipinski definition) is 2. The molecule has 0 heterocycles. The molecule has 0 bridgehead atoms. The van der Waals surface area contributed by atoms with Gasteiger partial charge in [0.1, 0.15) is 23.1 Å². The van der Waals surface area contributed by atoms with Crippen molar-refractivity contribution in [2.45, 2.75) is 19.1 Å². The van der Waals surface area contributed by atoms with E-state index in [0.29, 0.717) is 6.54 Å². The lowest BCUT2D eigenvalue weighted by atomic mass is 9.95. The molecule has 0 aliphatic carbocycles. The molecule has 5 heteroatoms. The summed E-state index contributed by atoms with van der Waals surface area (Å²) in [5.74, 6) is -1.80. The summed E-state index contributed by atoms with van der Waals surface area (Å²) in [4.78, 5) is 0. The van der Waals surface area contributed by atoms with Gasteiger partial charge in [0.2, 0.25) is 0 Å². The average Bonchev–Trinajstić information content (AvgIpc) is 2.40. The molecule has 2 rings (SSSR count). The zero-order chi connectivity index (χ0) is 15.5. The Hall–Kier alpha value is -1.85. The summed E-state index contributed by atoms with van der Waals surface area (Å²) in [5, 5.41) is 13.3. The molecule has 2 aromatic carbocycles. The molecule has 0 radical (unpaired) electrons. The minimum Gasteiger partial charge on any atom is -0.384 e. The van der Waals surface area contributed by atoms with E-state index in [1.807, 2.05) is 0 Å². The quantitative estimate of drug-likeness (QED) is 0.888. The Balaban J connectivity index is 1.99. The molecular formula is C16H16F3NO. The van der Waals surface area contributed by atoms with Crippen LogP contribution in [-0.2, 0) is 12.1 Å². The van der Waals surface area contributed by atoms with Crippen molar-refractivity contribution in [1.29, 1.82) is 0 Å². The van der Waals surface area contributed by atoms with Crippen molar-refractivity contribution >= 4 is 0 Å². The van der Waals surface area contributed by atoms with Gasteiger partial charge in [-0.1, -0.05) is 18.2 Å². The van der Waals surface area contributed by atoms with E-state index < -0.39 is 17.2 Å². The monoisotopic (exact) mass is 295 g/mol. The van der Waals surface area contributed by atoms with Gasteiger partial charge < -0.3 is 10.4 Å². The third kappa shape index (κ3) is 4.06. The fourth-order valence-electron chi connectivity index (χ4n) is 2.07. The topological polar surface area (TPSA) is 32.3 Å². The zero-order valence-corrected chi connectivity index (χ0v) is 11.5. The number of hydrogen-bond acceptors (Lipinski definition) is 2.